The third-order valence-corrected chi connectivity index (χ3v) is 2.06. The zero-order chi connectivity index (χ0) is 10.0. The molecule has 0 unspecified atom stereocenters. The van der Waals surface area contributed by atoms with Gasteiger partial charge in [0, 0.05) is 11.4 Å². The maximum atomic E-state index is 11.2. The minimum Gasteiger partial charge on any atom is -0.465 e. The second-order valence-corrected chi connectivity index (χ2v) is 3.41. The maximum absolute atomic E-state index is 11.2. The number of nitrogens with one attached hydrogen (secondary N) is 1. The predicted octanol–water partition coefficient (Wildman–Crippen LogP) is 2.23. The van der Waals surface area contributed by atoms with E-state index < -0.39 is 0 Å². The number of aromatic amines is 1. The van der Waals surface area contributed by atoms with Crippen molar-refractivity contribution in [1.29, 1.82) is 0 Å². The predicted molar refractivity (Wildman–Crippen MR) is 51.0 cm³/mol. The van der Waals surface area contributed by atoms with E-state index in [9.17, 15) is 4.79 Å². The Kier molecular flexibility index (Phi) is 2.76. The number of carbonyl (C=O) groups excluding carboxylic acids is 1. The number of aromatic nitrogens is 1. The summed E-state index contributed by atoms with van der Waals surface area (Å²) in [5, 5.41) is 0. The number of methoxy groups -OCH3 is 1. The second-order valence-electron chi connectivity index (χ2n) is 3.41. The summed E-state index contributed by atoms with van der Waals surface area (Å²) in [4.78, 5) is 14.4. The van der Waals surface area contributed by atoms with Crippen LogP contribution in [0.1, 0.15) is 41.5 Å². The summed E-state index contributed by atoms with van der Waals surface area (Å²) in [6.45, 7) is 6.02. The Morgan fingerprint density at radius 3 is 2.54 bits per heavy atom. The van der Waals surface area contributed by atoms with Crippen LogP contribution in [-0.2, 0) is 4.74 Å². The number of H-pyrrole nitrogens is 1. The van der Waals surface area contributed by atoms with Gasteiger partial charge < -0.3 is 9.72 Å². The van der Waals surface area contributed by atoms with Gasteiger partial charge >= 0.3 is 5.97 Å². The van der Waals surface area contributed by atoms with Gasteiger partial charge in [-0.05, 0) is 18.9 Å². The Bertz CT molecular complexity index is 313. The molecular weight excluding hydrogens is 166 g/mol. The van der Waals surface area contributed by atoms with Gasteiger partial charge in [0.05, 0.1) is 12.7 Å². The zero-order valence-corrected chi connectivity index (χ0v) is 8.47. The summed E-state index contributed by atoms with van der Waals surface area (Å²) >= 11 is 0. The topological polar surface area (TPSA) is 42.1 Å². The van der Waals surface area contributed by atoms with Crippen LogP contribution in [0.15, 0.2) is 6.07 Å². The standard InChI is InChI=1S/C10H15NO2/c1-6(2)9-5-8(7(3)11-9)10(12)13-4/h5-6,11H,1-4H3. The van der Waals surface area contributed by atoms with Crippen LogP contribution in [0.3, 0.4) is 0 Å². The van der Waals surface area contributed by atoms with Crippen molar-refractivity contribution in [2.75, 3.05) is 7.11 Å². The molecule has 13 heavy (non-hydrogen) atoms. The Hall–Kier alpha value is -1.25. The van der Waals surface area contributed by atoms with Crippen molar-refractivity contribution in [2.45, 2.75) is 26.7 Å². The molecule has 0 fully saturated rings. The third-order valence-electron chi connectivity index (χ3n) is 2.06. The van der Waals surface area contributed by atoms with Gasteiger partial charge in [-0.3, -0.25) is 0 Å². The first kappa shape index (κ1) is 9.84. The number of ether oxygens (including phenoxy) is 1. The summed E-state index contributed by atoms with van der Waals surface area (Å²) < 4.78 is 4.65. The van der Waals surface area contributed by atoms with Crippen molar-refractivity contribution in [3.05, 3.63) is 23.0 Å². The summed E-state index contributed by atoms with van der Waals surface area (Å²) in [6, 6.07) is 1.85. The van der Waals surface area contributed by atoms with Gasteiger partial charge in [0.2, 0.25) is 0 Å². The lowest BCUT2D eigenvalue weighted by atomic mass is 10.1. The van der Waals surface area contributed by atoms with Crippen LogP contribution < -0.4 is 0 Å². The molecular formula is C10H15NO2. The van der Waals surface area contributed by atoms with E-state index in [4.69, 9.17) is 0 Å². The van der Waals surface area contributed by atoms with E-state index in [1.807, 2.05) is 13.0 Å². The van der Waals surface area contributed by atoms with Gasteiger partial charge in [-0.2, -0.15) is 0 Å². The molecule has 0 atom stereocenters. The minimum absolute atomic E-state index is 0.277. The van der Waals surface area contributed by atoms with Gasteiger partial charge in [0.1, 0.15) is 0 Å². The fourth-order valence-corrected chi connectivity index (χ4v) is 1.22. The smallest absolute Gasteiger partial charge is 0.339 e. The lowest BCUT2D eigenvalue weighted by Gasteiger charge is -1.98. The molecule has 0 spiro atoms. The highest BCUT2D eigenvalue weighted by atomic mass is 16.5. The SMILES string of the molecule is COC(=O)c1cc(C(C)C)[nH]c1C. The molecule has 0 aliphatic heterocycles. The average Bonchev–Trinajstić information content (AvgIpc) is 2.46. The molecule has 1 aromatic heterocycles. The second kappa shape index (κ2) is 3.64. The highest BCUT2D eigenvalue weighted by Gasteiger charge is 2.13. The summed E-state index contributed by atoms with van der Waals surface area (Å²) in [6.07, 6.45) is 0. The fourth-order valence-electron chi connectivity index (χ4n) is 1.22. The molecule has 3 heteroatoms. The van der Waals surface area contributed by atoms with Crippen LogP contribution in [0, 0.1) is 6.92 Å². The maximum Gasteiger partial charge on any atom is 0.339 e. The molecule has 0 radical (unpaired) electrons. The average molecular weight is 181 g/mol. The first-order valence-electron chi connectivity index (χ1n) is 4.34. The molecule has 0 saturated carbocycles. The number of rotatable bonds is 2. The van der Waals surface area contributed by atoms with Gasteiger partial charge in [-0.1, -0.05) is 13.8 Å². The number of aryl methyl sites for hydroxylation is 1. The van der Waals surface area contributed by atoms with E-state index in [1.165, 1.54) is 7.11 Å². The van der Waals surface area contributed by atoms with Crippen molar-refractivity contribution in [3.8, 4) is 0 Å². The summed E-state index contributed by atoms with van der Waals surface area (Å²) in [5.41, 5.74) is 2.57. The van der Waals surface area contributed by atoms with E-state index in [0.717, 1.165) is 11.4 Å². The van der Waals surface area contributed by atoms with Gasteiger partial charge in [0.15, 0.2) is 0 Å². The van der Waals surface area contributed by atoms with Crippen LogP contribution in [0.2, 0.25) is 0 Å². The normalized spacial score (nSPS) is 10.5. The zero-order valence-electron chi connectivity index (χ0n) is 8.47. The highest BCUT2D eigenvalue weighted by molar-refractivity contribution is 5.90. The number of hydrogen-bond donors (Lipinski definition) is 1. The quantitative estimate of drug-likeness (QED) is 0.711. The van der Waals surface area contributed by atoms with Crippen LogP contribution in [0.25, 0.3) is 0 Å². The first-order valence-corrected chi connectivity index (χ1v) is 4.34. The van der Waals surface area contributed by atoms with Crippen LogP contribution >= 0.6 is 0 Å². The van der Waals surface area contributed by atoms with E-state index >= 15 is 0 Å². The number of carbonyl (C=O) groups is 1. The molecule has 0 bridgehead atoms. The third kappa shape index (κ3) is 1.91. The van der Waals surface area contributed by atoms with Crippen LogP contribution in [-0.4, -0.2) is 18.1 Å². The molecule has 1 N–H and O–H groups in total. The Morgan fingerprint density at radius 1 is 1.54 bits per heavy atom. The Morgan fingerprint density at radius 2 is 2.15 bits per heavy atom. The largest absolute Gasteiger partial charge is 0.465 e. The van der Waals surface area contributed by atoms with Gasteiger partial charge in [-0.25, -0.2) is 4.79 Å². The van der Waals surface area contributed by atoms with Crippen molar-refractivity contribution in [3.63, 3.8) is 0 Å². The highest BCUT2D eigenvalue weighted by Crippen LogP contribution is 2.18. The Labute approximate surface area is 78.1 Å². The molecule has 0 amide bonds. The van der Waals surface area contributed by atoms with Crippen molar-refractivity contribution in [2.24, 2.45) is 0 Å². The van der Waals surface area contributed by atoms with E-state index in [-0.39, 0.29) is 5.97 Å². The molecule has 3 nitrogen and oxygen atoms in total. The van der Waals surface area contributed by atoms with E-state index in [2.05, 4.69) is 23.6 Å². The minimum atomic E-state index is -0.277. The van der Waals surface area contributed by atoms with E-state index in [0.29, 0.717) is 11.5 Å². The summed E-state index contributed by atoms with van der Waals surface area (Å²) in [5.74, 6) is 0.123. The molecule has 0 saturated heterocycles. The van der Waals surface area contributed by atoms with Gasteiger partial charge in [-0.15, -0.1) is 0 Å². The number of hydrogen-bond acceptors (Lipinski definition) is 2. The molecule has 1 aromatic rings. The molecule has 0 aliphatic carbocycles. The first-order chi connectivity index (χ1) is 6.06. The molecule has 1 rings (SSSR count). The molecule has 0 aliphatic rings. The van der Waals surface area contributed by atoms with Gasteiger partial charge in [0.25, 0.3) is 0 Å². The van der Waals surface area contributed by atoms with Crippen molar-refractivity contribution < 1.29 is 9.53 Å². The molecule has 1 heterocycles. The molecule has 72 valence electrons. The van der Waals surface area contributed by atoms with Crippen molar-refractivity contribution >= 4 is 5.97 Å². The monoisotopic (exact) mass is 181 g/mol. The van der Waals surface area contributed by atoms with Crippen LogP contribution in [0.4, 0.5) is 0 Å². The lowest BCUT2D eigenvalue weighted by Crippen LogP contribution is -2.00. The number of esters is 1. The van der Waals surface area contributed by atoms with E-state index in [1.54, 1.807) is 0 Å². The lowest BCUT2D eigenvalue weighted by molar-refractivity contribution is 0.0600. The van der Waals surface area contributed by atoms with Crippen LogP contribution in [0.5, 0.6) is 0 Å². The van der Waals surface area contributed by atoms with Crippen molar-refractivity contribution in [1.82, 2.24) is 4.98 Å². The molecule has 0 aromatic carbocycles. The Balaban J connectivity index is 3.03. The summed E-state index contributed by atoms with van der Waals surface area (Å²) in [7, 11) is 1.39. The fraction of sp³-hybridized carbons (Fsp3) is 0.500.